The number of carboxylic acids is 3. The standard InChI is InChI=1S/C7H9NO6.Na/c9-5(10)2-1-3(6(11)12)8-4(2)7(13)14;/h2-4,8H,1H2,(H,9,10)(H,11,12)(H,13,14);. The maximum Gasteiger partial charge on any atom is 0.321 e. The Morgan fingerprint density at radius 3 is 1.80 bits per heavy atom. The summed E-state index contributed by atoms with van der Waals surface area (Å²) in [5.74, 6) is -5.07. The second kappa shape index (κ2) is 5.45. The molecule has 1 rings (SSSR count). The summed E-state index contributed by atoms with van der Waals surface area (Å²) < 4.78 is 0. The van der Waals surface area contributed by atoms with Gasteiger partial charge in [-0.05, 0) is 6.42 Å². The van der Waals surface area contributed by atoms with Crippen LogP contribution in [0.1, 0.15) is 6.42 Å². The first-order chi connectivity index (χ1) is 6.43. The zero-order valence-corrected chi connectivity index (χ0v) is 10.0. The van der Waals surface area contributed by atoms with Crippen LogP contribution in [0.25, 0.3) is 0 Å². The fourth-order valence-electron chi connectivity index (χ4n) is 1.45. The van der Waals surface area contributed by atoms with E-state index in [1.54, 1.807) is 0 Å². The maximum atomic E-state index is 10.6. The summed E-state index contributed by atoms with van der Waals surface area (Å²) in [5, 5.41) is 28.1. The van der Waals surface area contributed by atoms with Crippen LogP contribution in [0.4, 0.5) is 0 Å². The fraction of sp³-hybridized carbons (Fsp3) is 0.571. The normalized spacial score (nSPS) is 29.2. The molecule has 0 spiro atoms. The first-order valence-electron chi connectivity index (χ1n) is 3.88. The molecule has 0 bridgehead atoms. The second-order valence-corrected chi connectivity index (χ2v) is 3.05. The molecule has 1 radical (unpaired) electrons. The van der Waals surface area contributed by atoms with Gasteiger partial charge in [0, 0.05) is 29.6 Å². The second-order valence-electron chi connectivity index (χ2n) is 3.05. The Kier molecular flexibility index (Phi) is 5.22. The number of aliphatic carboxylic acids is 3. The van der Waals surface area contributed by atoms with Gasteiger partial charge in [-0.25, -0.2) is 0 Å². The van der Waals surface area contributed by atoms with Crippen molar-refractivity contribution in [3.05, 3.63) is 0 Å². The van der Waals surface area contributed by atoms with Gasteiger partial charge in [0.25, 0.3) is 0 Å². The maximum absolute atomic E-state index is 10.6. The smallest absolute Gasteiger partial charge is 0.321 e. The molecule has 1 aliphatic rings. The van der Waals surface area contributed by atoms with E-state index < -0.39 is 35.9 Å². The van der Waals surface area contributed by atoms with E-state index in [0.29, 0.717) is 0 Å². The summed E-state index contributed by atoms with van der Waals surface area (Å²) in [7, 11) is 0. The summed E-state index contributed by atoms with van der Waals surface area (Å²) in [6, 6.07) is -2.43. The van der Waals surface area contributed by atoms with Crippen molar-refractivity contribution in [2.75, 3.05) is 0 Å². The van der Waals surface area contributed by atoms with Crippen molar-refractivity contribution in [2.24, 2.45) is 5.92 Å². The number of hydrogen-bond donors (Lipinski definition) is 4. The van der Waals surface area contributed by atoms with E-state index in [1.807, 2.05) is 0 Å². The van der Waals surface area contributed by atoms with Crippen LogP contribution in [0.15, 0.2) is 0 Å². The van der Waals surface area contributed by atoms with Crippen molar-refractivity contribution < 1.29 is 29.7 Å². The quantitative estimate of drug-likeness (QED) is 0.419. The van der Waals surface area contributed by atoms with Crippen molar-refractivity contribution in [1.29, 1.82) is 0 Å². The van der Waals surface area contributed by atoms with Crippen LogP contribution < -0.4 is 5.32 Å². The van der Waals surface area contributed by atoms with E-state index in [1.165, 1.54) is 0 Å². The summed E-state index contributed by atoms with van der Waals surface area (Å²) in [4.78, 5) is 31.6. The summed E-state index contributed by atoms with van der Waals surface area (Å²) in [6.07, 6.45) is -0.207. The molecule has 79 valence electrons. The number of nitrogens with one attached hydrogen (secondary N) is 1. The largest absolute Gasteiger partial charge is 0.481 e. The van der Waals surface area contributed by atoms with Gasteiger partial charge in [0.05, 0.1) is 5.92 Å². The number of hydrogen-bond acceptors (Lipinski definition) is 4. The zero-order chi connectivity index (χ0) is 10.9. The van der Waals surface area contributed by atoms with E-state index in [4.69, 9.17) is 15.3 Å². The van der Waals surface area contributed by atoms with Crippen LogP contribution in [-0.4, -0.2) is 74.9 Å². The molecule has 0 amide bonds. The number of rotatable bonds is 3. The molecule has 4 N–H and O–H groups in total. The average molecular weight is 226 g/mol. The Bertz CT molecular complexity index is 271. The van der Waals surface area contributed by atoms with Gasteiger partial charge in [0.15, 0.2) is 0 Å². The number of carbonyl (C=O) groups is 3. The molecule has 0 aromatic rings. The van der Waals surface area contributed by atoms with Gasteiger partial charge in [-0.1, -0.05) is 0 Å². The van der Waals surface area contributed by atoms with Gasteiger partial charge >= 0.3 is 17.9 Å². The summed E-state index contributed by atoms with van der Waals surface area (Å²) in [6.45, 7) is 0. The van der Waals surface area contributed by atoms with Crippen LogP contribution in [-0.2, 0) is 14.4 Å². The Labute approximate surface area is 107 Å². The zero-order valence-electron chi connectivity index (χ0n) is 8.01. The van der Waals surface area contributed by atoms with Gasteiger partial charge in [-0.2, -0.15) is 0 Å². The molecule has 3 atom stereocenters. The van der Waals surface area contributed by atoms with Crippen molar-refractivity contribution in [2.45, 2.75) is 18.5 Å². The minimum Gasteiger partial charge on any atom is -0.481 e. The predicted octanol–water partition coefficient (Wildman–Crippen LogP) is -1.79. The Morgan fingerprint density at radius 1 is 1.00 bits per heavy atom. The van der Waals surface area contributed by atoms with E-state index in [-0.39, 0.29) is 36.0 Å². The van der Waals surface area contributed by atoms with E-state index >= 15 is 0 Å². The minimum absolute atomic E-state index is 0. The molecule has 15 heavy (non-hydrogen) atoms. The Morgan fingerprint density at radius 2 is 1.53 bits per heavy atom. The molecule has 8 heteroatoms. The van der Waals surface area contributed by atoms with Crippen molar-refractivity contribution in [3.8, 4) is 0 Å². The van der Waals surface area contributed by atoms with Crippen LogP contribution in [0, 0.1) is 5.92 Å². The molecule has 1 heterocycles. The molecule has 0 aromatic heterocycles. The molecule has 3 unspecified atom stereocenters. The van der Waals surface area contributed by atoms with E-state index in [9.17, 15) is 14.4 Å². The minimum atomic E-state index is -1.35. The van der Waals surface area contributed by atoms with Crippen LogP contribution in [0.2, 0.25) is 0 Å². The monoisotopic (exact) mass is 226 g/mol. The fourth-order valence-corrected chi connectivity index (χ4v) is 1.45. The van der Waals surface area contributed by atoms with Gasteiger partial charge in [0.1, 0.15) is 12.1 Å². The van der Waals surface area contributed by atoms with Crippen LogP contribution in [0.5, 0.6) is 0 Å². The van der Waals surface area contributed by atoms with E-state index in [2.05, 4.69) is 5.32 Å². The molecule has 0 saturated carbocycles. The van der Waals surface area contributed by atoms with Gasteiger partial charge in [-0.15, -0.1) is 0 Å². The molecule has 1 aliphatic heterocycles. The van der Waals surface area contributed by atoms with Crippen LogP contribution >= 0.6 is 0 Å². The summed E-state index contributed by atoms with van der Waals surface area (Å²) >= 11 is 0. The molecule has 1 fully saturated rings. The molecule has 0 aromatic carbocycles. The van der Waals surface area contributed by atoms with Crippen molar-refractivity contribution >= 4 is 47.5 Å². The number of carboxylic acid groups (broad SMARTS) is 3. The molecule has 7 nitrogen and oxygen atoms in total. The van der Waals surface area contributed by atoms with Crippen molar-refractivity contribution in [3.63, 3.8) is 0 Å². The van der Waals surface area contributed by atoms with E-state index in [0.717, 1.165) is 0 Å². The topological polar surface area (TPSA) is 124 Å². The van der Waals surface area contributed by atoms with Gasteiger partial charge in [-0.3, -0.25) is 19.7 Å². The molecule has 0 aliphatic carbocycles. The molecular weight excluding hydrogens is 217 g/mol. The Hall–Kier alpha value is -0.630. The summed E-state index contributed by atoms with van der Waals surface area (Å²) in [5.41, 5.74) is 0. The third-order valence-corrected chi connectivity index (χ3v) is 2.15. The molecular formula is C7H9NNaO6. The SMILES string of the molecule is O=C(O)C1CC(C(=O)O)C(C(=O)O)N1.[Na]. The van der Waals surface area contributed by atoms with Crippen molar-refractivity contribution in [1.82, 2.24) is 5.32 Å². The van der Waals surface area contributed by atoms with Gasteiger partial charge < -0.3 is 15.3 Å². The average Bonchev–Trinajstić information content (AvgIpc) is 2.47. The predicted molar refractivity (Wildman–Crippen MR) is 47.5 cm³/mol. The van der Waals surface area contributed by atoms with Crippen LogP contribution in [0.3, 0.4) is 0 Å². The Balaban J connectivity index is 0.00000196. The third-order valence-electron chi connectivity index (χ3n) is 2.15. The molecule has 1 saturated heterocycles. The third kappa shape index (κ3) is 3.16. The first-order valence-corrected chi connectivity index (χ1v) is 3.88. The van der Waals surface area contributed by atoms with Gasteiger partial charge in [0.2, 0.25) is 0 Å². The first kappa shape index (κ1) is 14.4.